The number of ether oxygens (including phenoxy) is 1. The predicted molar refractivity (Wildman–Crippen MR) is 141 cm³/mol. The summed E-state index contributed by atoms with van der Waals surface area (Å²) >= 11 is 0.461. The number of aliphatic hydroxyl groups is 8. The highest BCUT2D eigenvalue weighted by Crippen LogP contribution is 2.50. The number of nitrogens with one attached hydrogen (secondary N) is 2. The van der Waals surface area contributed by atoms with Crippen LogP contribution in [0.1, 0.15) is 28.5 Å². The lowest BCUT2D eigenvalue weighted by atomic mass is 9.96. The van der Waals surface area contributed by atoms with E-state index >= 15 is 0 Å². The van der Waals surface area contributed by atoms with Crippen molar-refractivity contribution in [3.05, 3.63) is 46.6 Å². The number of carbonyl (C=O) groups excluding carboxylic acids is 1. The smallest absolute Gasteiger partial charge is 0.294 e. The number of nitrogen functional groups attached to an aromatic ring is 1. The van der Waals surface area contributed by atoms with E-state index in [0.717, 1.165) is 38.3 Å². The minimum absolute atomic E-state index is 0.231. The molecule has 0 aliphatic carbocycles. The maximum atomic E-state index is 12.4. The molecule has 19 nitrogen and oxygen atoms in total. The molecule has 2 aromatic carbocycles. The zero-order valence-electron chi connectivity index (χ0n) is 21.9. The van der Waals surface area contributed by atoms with Crippen LogP contribution in [0.5, 0.6) is 28.1 Å². The van der Waals surface area contributed by atoms with Crippen LogP contribution in [0.3, 0.4) is 0 Å². The zero-order chi connectivity index (χ0) is 32.9. The van der Waals surface area contributed by atoms with Crippen molar-refractivity contribution in [1.29, 1.82) is 0 Å². The lowest BCUT2D eigenvalue weighted by molar-refractivity contribution is -0.416. The molecule has 0 spiro atoms. The highest BCUT2D eigenvalue weighted by molar-refractivity contribution is 7.17. The first kappa shape index (κ1) is 33.4. The number of nitrogens with zero attached hydrogens (tertiary/aromatic N) is 1. The molecule has 1 aromatic heterocycles. The third-order valence-corrected chi connectivity index (χ3v) is 6.90. The summed E-state index contributed by atoms with van der Waals surface area (Å²) in [5, 5.41) is 135. The molecule has 20 heteroatoms. The molecule has 1 amide bonds. The number of thiazole rings is 1. The first-order valence-corrected chi connectivity index (χ1v) is 12.4. The van der Waals surface area contributed by atoms with Gasteiger partial charge < -0.3 is 82.2 Å². The predicted octanol–water partition coefficient (Wildman–Crippen LogP) is -3.27. The summed E-state index contributed by atoms with van der Waals surface area (Å²) in [6.07, 6.45) is -2.32. The van der Waals surface area contributed by atoms with Gasteiger partial charge in [0, 0.05) is 29.5 Å². The number of phenols is 4. The van der Waals surface area contributed by atoms with Crippen LogP contribution in [-0.4, -0.2) is 96.2 Å². The fourth-order valence-electron chi connectivity index (χ4n) is 3.92. The average Bonchev–Trinajstić information content (AvgIpc) is 3.26. The number of methoxy groups -OCH3 is 1. The molecule has 1 heterocycles. The van der Waals surface area contributed by atoms with Gasteiger partial charge in [0.25, 0.3) is 29.3 Å². The Kier molecular flexibility index (Phi) is 8.72. The molecule has 0 aliphatic heterocycles. The monoisotopic (exact) mass is 632 g/mol. The Balaban J connectivity index is 1.87. The summed E-state index contributed by atoms with van der Waals surface area (Å²) in [7, 11) is 0.820. The van der Waals surface area contributed by atoms with Crippen LogP contribution >= 0.6 is 11.3 Å². The third kappa shape index (κ3) is 5.93. The van der Waals surface area contributed by atoms with Gasteiger partial charge in [-0.1, -0.05) is 23.5 Å². The van der Waals surface area contributed by atoms with Crippen molar-refractivity contribution in [1.82, 2.24) is 10.3 Å². The second kappa shape index (κ2) is 11.2. The molecule has 1 unspecified atom stereocenters. The number of carbonyl (C=O) groups is 1. The fourth-order valence-corrected chi connectivity index (χ4v) is 4.54. The Morgan fingerprint density at radius 1 is 0.907 bits per heavy atom. The molecule has 43 heavy (non-hydrogen) atoms. The molecular weight excluding hydrogens is 604 g/mol. The van der Waals surface area contributed by atoms with Gasteiger partial charge in [-0.25, -0.2) is 10.3 Å². The molecule has 0 saturated heterocycles. The van der Waals surface area contributed by atoms with Gasteiger partial charge in [0.1, 0.15) is 0 Å². The number of anilines is 2. The Hall–Kier alpha value is -4.06. The highest BCUT2D eigenvalue weighted by Gasteiger charge is 2.55. The molecular formula is C23H28N4O15S. The lowest BCUT2D eigenvalue weighted by Crippen LogP contribution is -2.69. The highest BCUT2D eigenvalue weighted by atomic mass is 32.1. The lowest BCUT2D eigenvalue weighted by Gasteiger charge is -2.41. The largest absolute Gasteiger partial charge is 0.504 e. The minimum atomic E-state index is -4.07. The van der Waals surface area contributed by atoms with E-state index in [0.29, 0.717) is 11.3 Å². The number of rotatable bonds is 10. The number of aromatic hydroxyl groups is 5. The zero-order valence-corrected chi connectivity index (χ0v) is 22.8. The van der Waals surface area contributed by atoms with Crippen molar-refractivity contribution < 1.29 is 75.9 Å². The SMILES string of the molecule is COC(c1c(C)c(O)c(O)c(O)c1O)C(O)(O)NC(O)(O)C(O)(O)c1ccc(NC(=O)C(O)(O)c2nc(N)sc2O)cc1. The molecule has 0 saturated carbocycles. The van der Waals surface area contributed by atoms with Crippen molar-refractivity contribution in [3.63, 3.8) is 0 Å². The van der Waals surface area contributed by atoms with E-state index in [-0.39, 0.29) is 10.8 Å². The van der Waals surface area contributed by atoms with Gasteiger partial charge in [-0.3, -0.25) is 4.79 Å². The summed E-state index contributed by atoms with van der Waals surface area (Å²) in [5.74, 6) is -21.2. The van der Waals surface area contributed by atoms with E-state index in [2.05, 4.69) is 4.98 Å². The van der Waals surface area contributed by atoms with Crippen LogP contribution in [0, 0.1) is 6.92 Å². The topological polar surface area (TPSA) is 352 Å². The van der Waals surface area contributed by atoms with Crippen LogP contribution in [0.2, 0.25) is 0 Å². The summed E-state index contributed by atoms with van der Waals surface area (Å²) in [4.78, 5) is 15.9. The quantitative estimate of drug-likeness (QED) is 0.0592. The van der Waals surface area contributed by atoms with E-state index in [4.69, 9.17) is 10.5 Å². The molecule has 0 aliphatic rings. The molecule has 0 radical (unpaired) electrons. The van der Waals surface area contributed by atoms with Gasteiger partial charge in [0.15, 0.2) is 28.4 Å². The molecule has 0 bridgehead atoms. The van der Waals surface area contributed by atoms with E-state index in [1.54, 1.807) is 0 Å². The van der Waals surface area contributed by atoms with Crippen LogP contribution in [0.4, 0.5) is 10.8 Å². The standard InChI is InChI=1S/C23H28N4O15S/c1-7-10(12(29)14(31)13(30)11(7)28)16(42-2)22(38,39)27-23(40,41)21(36,37)8-3-5-9(6-4-8)25-18(33)20(34,35)15-17(32)43-19(24)26-15/h3-6,16,27-32,34-41H,1-2H3,(H2,24,26)(H,25,33). The van der Waals surface area contributed by atoms with Gasteiger partial charge in [0.05, 0.1) is 0 Å². The number of hydrogen-bond acceptors (Lipinski definition) is 19. The Labute approximate surface area is 243 Å². The van der Waals surface area contributed by atoms with Gasteiger partial charge in [0.2, 0.25) is 16.6 Å². The Morgan fingerprint density at radius 2 is 1.44 bits per heavy atom. The maximum Gasteiger partial charge on any atom is 0.294 e. The van der Waals surface area contributed by atoms with Crippen molar-refractivity contribution in [2.75, 3.05) is 18.2 Å². The van der Waals surface area contributed by atoms with Crippen LogP contribution in [0.25, 0.3) is 0 Å². The van der Waals surface area contributed by atoms with E-state index in [9.17, 15) is 71.2 Å². The first-order chi connectivity index (χ1) is 19.6. The van der Waals surface area contributed by atoms with Gasteiger partial charge >= 0.3 is 0 Å². The first-order valence-electron chi connectivity index (χ1n) is 11.5. The molecule has 1 atom stereocenters. The van der Waals surface area contributed by atoms with Crippen LogP contribution < -0.4 is 16.4 Å². The average molecular weight is 633 g/mol. The fraction of sp³-hybridized carbons (Fsp3) is 0.304. The van der Waals surface area contributed by atoms with Gasteiger partial charge in [-0.15, -0.1) is 0 Å². The number of aromatic nitrogens is 1. The van der Waals surface area contributed by atoms with Gasteiger partial charge in [-0.2, -0.15) is 0 Å². The molecule has 236 valence electrons. The van der Waals surface area contributed by atoms with Gasteiger partial charge in [-0.05, 0) is 19.1 Å². The van der Waals surface area contributed by atoms with Crippen molar-refractivity contribution in [2.24, 2.45) is 0 Å². The summed E-state index contributed by atoms with van der Waals surface area (Å²) in [6, 6.07) is 3.40. The minimum Gasteiger partial charge on any atom is -0.504 e. The molecule has 3 aromatic rings. The normalized spacial score (nSPS) is 13.6. The van der Waals surface area contributed by atoms with E-state index in [1.807, 2.05) is 5.32 Å². The van der Waals surface area contributed by atoms with Crippen molar-refractivity contribution in [3.8, 4) is 28.1 Å². The summed E-state index contributed by atoms with van der Waals surface area (Å²) in [6.45, 7) is 1.05. The number of phenolic OH excluding ortho intramolecular Hbond substituents is 4. The Morgan fingerprint density at radius 3 is 1.93 bits per heavy atom. The maximum absolute atomic E-state index is 12.4. The number of amides is 1. The molecule has 17 N–H and O–H groups in total. The number of hydrogen-bond donors (Lipinski definition) is 16. The van der Waals surface area contributed by atoms with Crippen LogP contribution in [0.15, 0.2) is 24.3 Å². The Bertz CT molecular complexity index is 1490. The molecule has 3 rings (SSSR count). The van der Waals surface area contributed by atoms with Crippen molar-refractivity contribution >= 4 is 28.1 Å². The van der Waals surface area contributed by atoms with Crippen LogP contribution in [-0.2, 0) is 21.1 Å². The van der Waals surface area contributed by atoms with E-state index in [1.165, 1.54) is 5.32 Å². The second-order valence-electron chi connectivity index (χ2n) is 9.15. The second-order valence-corrected chi connectivity index (χ2v) is 10.2. The summed E-state index contributed by atoms with van der Waals surface area (Å²) < 4.78 is 4.88. The van der Waals surface area contributed by atoms with E-state index < -0.39 is 85.9 Å². The molecule has 0 fully saturated rings. The number of benzene rings is 2. The van der Waals surface area contributed by atoms with Crippen molar-refractivity contribution in [2.45, 2.75) is 36.4 Å². The number of nitrogens with two attached hydrogens (primary N) is 1. The third-order valence-electron chi connectivity index (χ3n) is 6.21. The summed E-state index contributed by atoms with van der Waals surface area (Å²) in [5.41, 5.74) is 2.27.